The lowest BCUT2D eigenvalue weighted by Crippen LogP contribution is -2.53. The van der Waals surface area contributed by atoms with Crippen molar-refractivity contribution in [1.82, 2.24) is 10.2 Å². The van der Waals surface area contributed by atoms with Gasteiger partial charge in [0.15, 0.2) is 0 Å². The molecule has 8 nitrogen and oxygen atoms in total. The molecule has 2 saturated heterocycles. The van der Waals surface area contributed by atoms with Gasteiger partial charge in [-0.1, -0.05) is 29.3 Å². The monoisotopic (exact) mass is 448 g/mol. The van der Waals surface area contributed by atoms with E-state index in [-0.39, 0.29) is 24.1 Å². The van der Waals surface area contributed by atoms with Crippen molar-refractivity contribution in [2.75, 3.05) is 11.9 Å². The van der Waals surface area contributed by atoms with E-state index < -0.39 is 29.3 Å². The number of benzene rings is 1. The normalized spacial score (nSPS) is 30.7. The first-order valence-electron chi connectivity index (χ1n) is 9.34. The molecule has 0 radical (unpaired) electrons. The Morgan fingerprint density at radius 2 is 2.04 bits per heavy atom. The molecule has 1 spiro atoms. The van der Waals surface area contributed by atoms with E-state index in [0.717, 1.165) is 10.9 Å². The molecule has 3 aliphatic rings. The summed E-state index contributed by atoms with van der Waals surface area (Å²) < 4.78 is 0.749. The summed E-state index contributed by atoms with van der Waals surface area (Å²) in [6.07, 6.45) is 1.39. The van der Waals surface area contributed by atoms with Crippen LogP contribution in [0.15, 0.2) is 22.7 Å². The van der Waals surface area contributed by atoms with Gasteiger partial charge < -0.3 is 11.1 Å². The highest BCUT2D eigenvalue weighted by Gasteiger charge is 2.70. The van der Waals surface area contributed by atoms with Crippen LogP contribution in [0.2, 0.25) is 0 Å². The molecule has 28 heavy (non-hydrogen) atoms. The van der Waals surface area contributed by atoms with Crippen LogP contribution in [0.4, 0.5) is 5.69 Å². The zero-order valence-electron chi connectivity index (χ0n) is 15.3. The molecule has 3 aliphatic heterocycles. The van der Waals surface area contributed by atoms with Crippen LogP contribution in [0.5, 0.6) is 0 Å². The SMILES string of the molecule is CCCCN1C(=O)[C@@H]2[C@H](CC(N)=O)N[C@]3(C(=O)Nc4ccc(Br)cc43)[C@@H]2C1=O. The zero-order valence-corrected chi connectivity index (χ0v) is 16.9. The van der Waals surface area contributed by atoms with Gasteiger partial charge in [-0.25, -0.2) is 0 Å². The van der Waals surface area contributed by atoms with Crippen LogP contribution in [-0.2, 0) is 24.7 Å². The summed E-state index contributed by atoms with van der Waals surface area (Å²) in [5.74, 6) is -3.39. The van der Waals surface area contributed by atoms with E-state index in [4.69, 9.17) is 5.73 Å². The Morgan fingerprint density at radius 3 is 2.71 bits per heavy atom. The lowest BCUT2D eigenvalue weighted by Gasteiger charge is -2.29. The van der Waals surface area contributed by atoms with Crippen LogP contribution < -0.4 is 16.4 Å². The number of hydrogen-bond donors (Lipinski definition) is 3. The maximum Gasteiger partial charge on any atom is 0.250 e. The molecule has 3 heterocycles. The number of nitrogens with two attached hydrogens (primary N) is 1. The molecular formula is C19H21BrN4O4. The first-order chi connectivity index (χ1) is 13.3. The number of imide groups is 1. The number of hydrogen-bond acceptors (Lipinski definition) is 5. The summed E-state index contributed by atoms with van der Waals surface area (Å²) in [6.45, 7) is 2.29. The molecule has 4 rings (SSSR count). The number of likely N-dealkylation sites (tertiary alicyclic amines) is 1. The minimum Gasteiger partial charge on any atom is -0.370 e. The molecule has 0 saturated carbocycles. The van der Waals surface area contributed by atoms with Crippen LogP contribution in [-0.4, -0.2) is 41.1 Å². The third-order valence-electron chi connectivity index (χ3n) is 5.92. The molecule has 0 aromatic heterocycles. The maximum absolute atomic E-state index is 13.3. The van der Waals surface area contributed by atoms with Gasteiger partial charge in [0.25, 0.3) is 0 Å². The second-order valence-electron chi connectivity index (χ2n) is 7.56. The predicted molar refractivity (Wildman–Crippen MR) is 104 cm³/mol. The fourth-order valence-corrected chi connectivity index (χ4v) is 5.12. The fourth-order valence-electron chi connectivity index (χ4n) is 4.76. The first kappa shape index (κ1) is 19.1. The number of fused-ring (bicyclic) bond motifs is 4. The van der Waals surface area contributed by atoms with Crippen LogP contribution in [0.1, 0.15) is 31.7 Å². The number of amides is 4. The number of rotatable bonds is 5. The third kappa shape index (κ3) is 2.52. The summed E-state index contributed by atoms with van der Waals surface area (Å²) in [5, 5.41) is 5.99. The van der Waals surface area contributed by atoms with Gasteiger partial charge in [0.05, 0.1) is 11.8 Å². The maximum atomic E-state index is 13.3. The van der Waals surface area contributed by atoms with E-state index in [1.54, 1.807) is 18.2 Å². The van der Waals surface area contributed by atoms with Gasteiger partial charge in [-0.05, 0) is 24.6 Å². The van der Waals surface area contributed by atoms with Crippen molar-refractivity contribution in [3.63, 3.8) is 0 Å². The minimum absolute atomic E-state index is 0.125. The summed E-state index contributed by atoms with van der Waals surface area (Å²) in [6, 6.07) is 4.64. The van der Waals surface area contributed by atoms with Crippen molar-refractivity contribution in [1.29, 1.82) is 0 Å². The molecule has 0 bridgehead atoms. The minimum atomic E-state index is -1.39. The van der Waals surface area contributed by atoms with Gasteiger partial charge in [-0.15, -0.1) is 0 Å². The predicted octanol–water partition coefficient (Wildman–Crippen LogP) is 0.845. The smallest absolute Gasteiger partial charge is 0.250 e. The molecule has 9 heteroatoms. The summed E-state index contributed by atoms with van der Waals surface area (Å²) in [5.41, 5.74) is 5.20. The molecule has 0 unspecified atom stereocenters. The highest BCUT2D eigenvalue weighted by atomic mass is 79.9. The fraction of sp³-hybridized carbons (Fsp3) is 0.474. The Kier molecular flexibility index (Phi) is 4.54. The van der Waals surface area contributed by atoms with Crippen molar-refractivity contribution >= 4 is 45.2 Å². The highest BCUT2D eigenvalue weighted by molar-refractivity contribution is 9.10. The van der Waals surface area contributed by atoms with Crippen molar-refractivity contribution in [2.24, 2.45) is 17.6 Å². The number of halogens is 1. The van der Waals surface area contributed by atoms with Crippen LogP contribution in [0.25, 0.3) is 0 Å². The second-order valence-corrected chi connectivity index (χ2v) is 8.47. The molecule has 1 aromatic rings. The van der Waals surface area contributed by atoms with Crippen molar-refractivity contribution in [3.05, 3.63) is 28.2 Å². The summed E-state index contributed by atoms with van der Waals surface area (Å²) >= 11 is 3.41. The van der Waals surface area contributed by atoms with Crippen LogP contribution in [0.3, 0.4) is 0 Å². The molecule has 4 atom stereocenters. The van der Waals surface area contributed by atoms with E-state index in [1.807, 2.05) is 6.92 Å². The summed E-state index contributed by atoms with van der Waals surface area (Å²) in [4.78, 5) is 52.4. The van der Waals surface area contributed by atoms with Crippen molar-refractivity contribution in [2.45, 2.75) is 37.8 Å². The lowest BCUT2D eigenvalue weighted by molar-refractivity contribution is -0.142. The van der Waals surface area contributed by atoms with Gasteiger partial charge in [-0.2, -0.15) is 0 Å². The largest absolute Gasteiger partial charge is 0.370 e. The average Bonchev–Trinajstić information content (AvgIpc) is 3.19. The van der Waals surface area contributed by atoms with Gasteiger partial charge in [0.2, 0.25) is 23.6 Å². The standard InChI is InChI=1S/C19H21BrN4O4/c1-2-3-6-24-16(26)14-12(8-13(21)25)23-19(15(14)17(24)27)10-7-9(20)4-5-11(10)22-18(19)28/h4-5,7,12,14-15,23H,2-3,6,8H2,1H3,(H2,21,25)(H,22,28)/t12-,14+,15-,19-/m0/s1. The molecule has 2 fully saturated rings. The molecule has 148 valence electrons. The average molecular weight is 449 g/mol. The van der Waals surface area contributed by atoms with Gasteiger partial charge in [0, 0.05) is 34.7 Å². The Hall–Kier alpha value is -2.26. The second kappa shape index (κ2) is 6.66. The number of carbonyl (C=O) groups excluding carboxylic acids is 4. The Balaban J connectivity index is 1.85. The number of anilines is 1. The third-order valence-corrected chi connectivity index (χ3v) is 6.42. The Bertz CT molecular complexity index is 904. The number of nitrogens with zero attached hydrogens (tertiary/aromatic N) is 1. The number of carbonyl (C=O) groups is 4. The molecule has 0 aliphatic carbocycles. The topological polar surface area (TPSA) is 122 Å². The van der Waals surface area contributed by atoms with Crippen LogP contribution in [0, 0.1) is 11.8 Å². The number of primary amides is 1. The summed E-state index contributed by atoms with van der Waals surface area (Å²) in [7, 11) is 0. The van der Waals surface area contributed by atoms with E-state index in [1.165, 1.54) is 4.90 Å². The lowest BCUT2D eigenvalue weighted by atomic mass is 9.76. The molecular weight excluding hydrogens is 428 g/mol. The van der Waals surface area contributed by atoms with Gasteiger partial charge in [-0.3, -0.25) is 29.4 Å². The van der Waals surface area contributed by atoms with Gasteiger partial charge in [0.1, 0.15) is 5.54 Å². The van der Waals surface area contributed by atoms with Crippen molar-refractivity contribution < 1.29 is 19.2 Å². The van der Waals surface area contributed by atoms with E-state index in [2.05, 4.69) is 26.6 Å². The molecule has 1 aromatic carbocycles. The van der Waals surface area contributed by atoms with Gasteiger partial charge >= 0.3 is 0 Å². The molecule has 4 amide bonds. The number of nitrogens with one attached hydrogen (secondary N) is 2. The zero-order chi connectivity index (χ0) is 20.2. The molecule has 4 N–H and O–H groups in total. The van der Waals surface area contributed by atoms with E-state index in [9.17, 15) is 19.2 Å². The Morgan fingerprint density at radius 1 is 1.29 bits per heavy atom. The quantitative estimate of drug-likeness (QED) is 0.576. The van der Waals surface area contributed by atoms with Crippen molar-refractivity contribution in [3.8, 4) is 0 Å². The van der Waals surface area contributed by atoms with E-state index >= 15 is 0 Å². The highest BCUT2D eigenvalue weighted by Crippen LogP contribution is 2.53. The first-order valence-corrected chi connectivity index (χ1v) is 10.1. The van der Waals surface area contributed by atoms with E-state index in [0.29, 0.717) is 24.2 Å². The number of unbranched alkanes of at least 4 members (excludes halogenated alkanes) is 1. The van der Waals surface area contributed by atoms with Crippen LogP contribution >= 0.6 is 15.9 Å². The Labute approximate surface area is 170 Å².